The number of carbonyl (C=O) groups excluding carboxylic acids is 2. The average Bonchev–Trinajstić information content (AvgIpc) is 2.44. The molecule has 0 radical (unpaired) electrons. The molecule has 1 aliphatic heterocycles. The summed E-state index contributed by atoms with van der Waals surface area (Å²) in [6, 6.07) is 0.0544. The summed E-state index contributed by atoms with van der Waals surface area (Å²) < 4.78 is 39.0. The van der Waals surface area contributed by atoms with Crippen LogP contribution >= 0.6 is 0 Å². The molecule has 2 rings (SSSR count). The smallest absolute Gasteiger partial charge is 0.322 e. The van der Waals surface area contributed by atoms with Gasteiger partial charge in [0.2, 0.25) is 5.91 Å². The highest BCUT2D eigenvalue weighted by Gasteiger charge is 2.31. The number of nitrogens with one attached hydrogen (secondary N) is 2. The van der Waals surface area contributed by atoms with Crippen molar-refractivity contribution in [2.75, 3.05) is 18.4 Å². The zero-order chi connectivity index (χ0) is 15.6. The van der Waals surface area contributed by atoms with Gasteiger partial charge in [0.15, 0.2) is 17.5 Å². The third-order valence-electron chi connectivity index (χ3n) is 3.21. The number of urea groups is 1. The van der Waals surface area contributed by atoms with Crippen LogP contribution in [-0.2, 0) is 4.79 Å². The van der Waals surface area contributed by atoms with Gasteiger partial charge in [-0.05, 0) is 6.42 Å². The molecule has 1 fully saturated rings. The van der Waals surface area contributed by atoms with E-state index >= 15 is 0 Å². The first-order chi connectivity index (χ1) is 9.93. The Bertz CT molecular complexity index is 557. The lowest BCUT2D eigenvalue weighted by molar-refractivity contribution is -0.127. The predicted octanol–water partition coefficient (Wildman–Crippen LogP) is 1.85. The SMILES string of the molecule is CC[C@H]1C(=O)NCCN1C(=O)Nc1cc(F)c(F)c(F)c1. The van der Waals surface area contributed by atoms with Crippen molar-refractivity contribution < 1.29 is 22.8 Å². The third kappa shape index (κ3) is 3.09. The van der Waals surface area contributed by atoms with Crippen molar-refractivity contribution in [3.8, 4) is 0 Å². The molecule has 114 valence electrons. The van der Waals surface area contributed by atoms with Gasteiger partial charge in [0.05, 0.1) is 0 Å². The number of halogens is 3. The van der Waals surface area contributed by atoms with Gasteiger partial charge in [-0.1, -0.05) is 6.92 Å². The molecule has 0 unspecified atom stereocenters. The molecule has 1 aromatic rings. The van der Waals surface area contributed by atoms with E-state index in [4.69, 9.17) is 0 Å². The standard InChI is InChI=1S/C13H14F3N3O2/c1-2-10-12(20)17-3-4-19(10)13(21)18-7-5-8(14)11(16)9(15)6-7/h5-6,10H,2-4H2,1H3,(H,17,20)(H,18,21)/t10-/m0/s1. The molecule has 0 spiro atoms. The summed E-state index contributed by atoms with van der Waals surface area (Å²) in [5.74, 6) is -4.67. The summed E-state index contributed by atoms with van der Waals surface area (Å²) >= 11 is 0. The second kappa shape index (κ2) is 6.02. The lowest BCUT2D eigenvalue weighted by Crippen LogP contribution is -2.57. The highest BCUT2D eigenvalue weighted by molar-refractivity contribution is 5.94. The number of amides is 3. The van der Waals surface area contributed by atoms with E-state index in [1.807, 2.05) is 0 Å². The Hall–Kier alpha value is -2.25. The van der Waals surface area contributed by atoms with E-state index in [0.29, 0.717) is 25.1 Å². The summed E-state index contributed by atoms with van der Waals surface area (Å²) in [5.41, 5.74) is -0.211. The number of nitrogens with zero attached hydrogens (tertiary/aromatic N) is 1. The molecule has 5 nitrogen and oxygen atoms in total. The van der Waals surface area contributed by atoms with Crippen molar-refractivity contribution >= 4 is 17.6 Å². The molecule has 0 aromatic heterocycles. The normalized spacial score (nSPS) is 18.4. The molecule has 0 bridgehead atoms. The largest absolute Gasteiger partial charge is 0.353 e. The first-order valence-corrected chi connectivity index (χ1v) is 6.44. The Morgan fingerprint density at radius 1 is 1.38 bits per heavy atom. The molecule has 2 N–H and O–H groups in total. The van der Waals surface area contributed by atoms with Gasteiger partial charge in [0.25, 0.3) is 0 Å². The number of carbonyl (C=O) groups is 2. The summed E-state index contributed by atoms with van der Waals surface area (Å²) in [7, 11) is 0. The number of hydrogen-bond acceptors (Lipinski definition) is 2. The second-order valence-corrected chi connectivity index (χ2v) is 4.59. The maximum absolute atomic E-state index is 13.1. The quantitative estimate of drug-likeness (QED) is 0.819. The molecule has 0 aliphatic carbocycles. The van der Waals surface area contributed by atoms with Crippen molar-refractivity contribution in [3.05, 3.63) is 29.6 Å². The topological polar surface area (TPSA) is 61.4 Å². The third-order valence-corrected chi connectivity index (χ3v) is 3.21. The molecule has 1 saturated heterocycles. The van der Waals surface area contributed by atoms with Crippen LogP contribution in [0.15, 0.2) is 12.1 Å². The predicted molar refractivity (Wildman–Crippen MR) is 69.1 cm³/mol. The number of hydrogen-bond donors (Lipinski definition) is 2. The highest BCUT2D eigenvalue weighted by Crippen LogP contribution is 2.18. The van der Waals surface area contributed by atoms with Crippen LogP contribution in [0.1, 0.15) is 13.3 Å². The van der Waals surface area contributed by atoms with Crippen molar-refractivity contribution in [1.29, 1.82) is 0 Å². The number of benzene rings is 1. The van der Waals surface area contributed by atoms with Crippen LogP contribution in [0.4, 0.5) is 23.7 Å². The minimum absolute atomic E-state index is 0.211. The Balaban J connectivity index is 2.15. The summed E-state index contributed by atoms with van der Waals surface area (Å²) in [4.78, 5) is 25.0. The van der Waals surface area contributed by atoms with E-state index in [0.717, 1.165) is 0 Å². The molecule has 3 amide bonds. The van der Waals surface area contributed by atoms with Crippen LogP contribution in [0.3, 0.4) is 0 Å². The van der Waals surface area contributed by atoms with E-state index in [1.54, 1.807) is 6.92 Å². The molecular weight excluding hydrogens is 287 g/mol. The van der Waals surface area contributed by atoms with Crippen LogP contribution < -0.4 is 10.6 Å². The van der Waals surface area contributed by atoms with Gasteiger partial charge in [-0.2, -0.15) is 0 Å². The van der Waals surface area contributed by atoms with Gasteiger partial charge >= 0.3 is 6.03 Å². The van der Waals surface area contributed by atoms with Crippen LogP contribution in [0.5, 0.6) is 0 Å². The van der Waals surface area contributed by atoms with Gasteiger partial charge in [0, 0.05) is 30.9 Å². The van der Waals surface area contributed by atoms with E-state index in [9.17, 15) is 22.8 Å². The van der Waals surface area contributed by atoms with Gasteiger partial charge in [-0.25, -0.2) is 18.0 Å². The Labute approximate surface area is 119 Å². The van der Waals surface area contributed by atoms with Crippen LogP contribution in [0, 0.1) is 17.5 Å². The average molecular weight is 301 g/mol. The van der Waals surface area contributed by atoms with Crippen molar-refractivity contribution in [1.82, 2.24) is 10.2 Å². The molecular formula is C13H14F3N3O2. The summed E-state index contributed by atoms with van der Waals surface area (Å²) in [5, 5.41) is 4.89. The minimum atomic E-state index is -1.60. The van der Waals surface area contributed by atoms with Gasteiger partial charge in [0.1, 0.15) is 6.04 Å². The number of rotatable bonds is 2. The van der Waals surface area contributed by atoms with Gasteiger partial charge in [-0.15, -0.1) is 0 Å². The van der Waals surface area contributed by atoms with E-state index in [2.05, 4.69) is 10.6 Å². The first kappa shape index (κ1) is 15.1. The van der Waals surface area contributed by atoms with Crippen molar-refractivity contribution in [3.63, 3.8) is 0 Å². The molecule has 0 saturated carbocycles. The molecule has 1 aliphatic rings. The molecule has 1 heterocycles. The number of anilines is 1. The van der Waals surface area contributed by atoms with E-state index in [-0.39, 0.29) is 18.1 Å². The van der Waals surface area contributed by atoms with Crippen molar-refractivity contribution in [2.45, 2.75) is 19.4 Å². The maximum Gasteiger partial charge on any atom is 0.322 e. The van der Waals surface area contributed by atoms with Gasteiger partial charge in [-0.3, -0.25) is 4.79 Å². The Kier molecular flexibility index (Phi) is 4.35. The van der Waals surface area contributed by atoms with Crippen LogP contribution in [-0.4, -0.2) is 36.0 Å². The monoisotopic (exact) mass is 301 g/mol. The first-order valence-electron chi connectivity index (χ1n) is 6.44. The lowest BCUT2D eigenvalue weighted by atomic mass is 10.1. The minimum Gasteiger partial charge on any atom is -0.353 e. The maximum atomic E-state index is 13.1. The summed E-state index contributed by atoms with van der Waals surface area (Å²) in [6.45, 7) is 2.32. The van der Waals surface area contributed by atoms with Crippen molar-refractivity contribution in [2.24, 2.45) is 0 Å². The molecule has 8 heteroatoms. The lowest BCUT2D eigenvalue weighted by Gasteiger charge is -2.34. The molecule has 1 atom stereocenters. The number of piperazine rings is 1. The zero-order valence-corrected chi connectivity index (χ0v) is 11.3. The Morgan fingerprint density at radius 2 is 2.00 bits per heavy atom. The fraction of sp³-hybridized carbons (Fsp3) is 0.385. The molecule has 1 aromatic carbocycles. The fourth-order valence-corrected chi connectivity index (χ4v) is 2.19. The summed E-state index contributed by atoms with van der Waals surface area (Å²) in [6.07, 6.45) is 0.408. The Morgan fingerprint density at radius 3 is 2.57 bits per heavy atom. The fourth-order valence-electron chi connectivity index (χ4n) is 2.19. The van der Waals surface area contributed by atoms with E-state index < -0.39 is 29.5 Å². The second-order valence-electron chi connectivity index (χ2n) is 4.59. The zero-order valence-electron chi connectivity index (χ0n) is 11.3. The highest BCUT2D eigenvalue weighted by atomic mass is 19.2. The molecule has 21 heavy (non-hydrogen) atoms. The van der Waals surface area contributed by atoms with Crippen LogP contribution in [0.2, 0.25) is 0 Å². The van der Waals surface area contributed by atoms with Gasteiger partial charge < -0.3 is 15.5 Å². The van der Waals surface area contributed by atoms with E-state index in [1.165, 1.54) is 4.90 Å². The van der Waals surface area contributed by atoms with Crippen LogP contribution in [0.25, 0.3) is 0 Å².